The summed E-state index contributed by atoms with van der Waals surface area (Å²) in [6, 6.07) is 3.77. The Kier molecular flexibility index (Phi) is 3.27. The van der Waals surface area contributed by atoms with E-state index in [-0.39, 0.29) is 6.09 Å². The number of rotatable bonds is 0. The van der Waals surface area contributed by atoms with E-state index in [0.29, 0.717) is 18.8 Å². The van der Waals surface area contributed by atoms with Gasteiger partial charge in [0, 0.05) is 16.7 Å². The molecule has 2 N–H and O–H groups in total. The number of nitrogens with zero attached hydrogens (tertiary/aromatic N) is 1. The highest BCUT2D eigenvalue weighted by Crippen LogP contribution is 2.32. The van der Waals surface area contributed by atoms with Crippen LogP contribution in [0, 0.1) is 0 Å². The third-order valence-electron chi connectivity index (χ3n) is 2.67. The van der Waals surface area contributed by atoms with Gasteiger partial charge < -0.3 is 10.5 Å². The van der Waals surface area contributed by atoms with Gasteiger partial charge in [0.25, 0.3) is 0 Å². The first-order chi connectivity index (χ1) is 8.26. The Morgan fingerprint density at radius 3 is 2.67 bits per heavy atom. The lowest BCUT2D eigenvalue weighted by atomic mass is 10.1. The Hall–Kier alpha value is -1.23. The lowest BCUT2D eigenvalue weighted by molar-refractivity contribution is 0.0241. The number of carbonyl (C=O) groups excluding carboxylic acids is 1. The highest BCUT2D eigenvalue weighted by Gasteiger charge is 2.29. The van der Waals surface area contributed by atoms with Crippen LogP contribution < -0.4 is 5.73 Å². The van der Waals surface area contributed by atoms with Crippen LogP contribution in [0.2, 0.25) is 0 Å². The van der Waals surface area contributed by atoms with Crippen LogP contribution in [-0.2, 0) is 17.8 Å². The van der Waals surface area contributed by atoms with Crippen LogP contribution in [0.25, 0.3) is 0 Å². The number of hydrogen-bond acceptors (Lipinski definition) is 3. The van der Waals surface area contributed by atoms with Crippen LogP contribution in [0.5, 0.6) is 0 Å². The molecule has 18 heavy (non-hydrogen) atoms. The quantitative estimate of drug-likeness (QED) is 0.748. The number of nitrogens with two attached hydrogens (primary N) is 1. The predicted molar refractivity (Wildman–Crippen MR) is 74.0 cm³/mol. The van der Waals surface area contributed by atoms with Gasteiger partial charge in [0.2, 0.25) is 0 Å². The molecule has 1 aliphatic heterocycles. The first-order valence-corrected chi connectivity index (χ1v) is 6.60. The van der Waals surface area contributed by atoms with E-state index in [4.69, 9.17) is 10.5 Å². The topological polar surface area (TPSA) is 55.6 Å². The van der Waals surface area contributed by atoms with Crippen LogP contribution in [0.3, 0.4) is 0 Å². The van der Waals surface area contributed by atoms with E-state index in [1.807, 2.05) is 32.9 Å². The summed E-state index contributed by atoms with van der Waals surface area (Å²) in [7, 11) is 0. The molecule has 1 aromatic rings. The van der Waals surface area contributed by atoms with E-state index in [0.717, 1.165) is 15.6 Å². The molecule has 5 heteroatoms. The van der Waals surface area contributed by atoms with Crippen LogP contribution in [0.15, 0.2) is 16.6 Å². The van der Waals surface area contributed by atoms with Crippen molar-refractivity contribution in [3.05, 3.63) is 27.7 Å². The fraction of sp³-hybridized carbons (Fsp3) is 0.462. The maximum absolute atomic E-state index is 12.0. The SMILES string of the molecule is CC(C)(C)OC(=O)N1Cc2cc(N)cc(Br)c2C1. The van der Waals surface area contributed by atoms with Gasteiger partial charge in [0.1, 0.15) is 5.60 Å². The third kappa shape index (κ3) is 2.77. The molecule has 0 spiro atoms. The summed E-state index contributed by atoms with van der Waals surface area (Å²) in [4.78, 5) is 13.7. The Bertz CT molecular complexity index is 494. The molecular weight excluding hydrogens is 296 g/mol. The fourth-order valence-electron chi connectivity index (χ4n) is 1.94. The van der Waals surface area contributed by atoms with Crippen LogP contribution >= 0.6 is 15.9 Å². The first-order valence-electron chi connectivity index (χ1n) is 5.81. The second kappa shape index (κ2) is 4.46. The molecule has 0 unspecified atom stereocenters. The number of benzene rings is 1. The predicted octanol–water partition coefficient (Wildman–Crippen LogP) is 3.28. The van der Waals surface area contributed by atoms with E-state index in [9.17, 15) is 4.79 Å². The third-order valence-corrected chi connectivity index (χ3v) is 3.38. The van der Waals surface area contributed by atoms with Crippen molar-refractivity contribution in [2.24, 2.45) is 0 Å². The van der Waals surface area contributed by atoms with Gasteiger partial charge in [-0.25, -0.2) is 4.79 Å². The summed E-state index contributed by atoms with van der Waals surface area (Å²) in [5.74, 6) is 0. The van der Waals surface area contributed by atoms with Crippen molar-refractivity contribution in [2.45, 2.75) is 39.5 Å². The number of nitrogen functional groups attached to an aromatic ring is 1. The maximum atomic E-state index is 12.0. The lowest BCUT2D eigenvalue weighted by Gasteiger charge is -2.24. The number of amides is 1. The molecule has 0 fully saturated rings. The summed E-state index contributed by atoms with van der Waals surface area (Å²) in [6.45, 7) is 6.70. The molecule has 2 rings (SSSR count). The van der Waals surface area contributed by atoms with E-state index in [1.165, 1.54) is 0 Å². The molecule has 0 bridgehead atoms. The lowest BCUT2D eigenvalue weighted by Crippen LogP contribution is -2.33. The smallest absolute Gasteiger partial charge is 0.410 e. The molecule has 98 valence electrons. The van der Waals surface area contributed by atoms with Crippen molar-refractivity contribution < 1.29 is 9.53 Å². The van der Waals surface area contributed by atoms with E-state index in [1.54, 1.807) is 4.90 Å². The van der Waals surface area contributed by atoms with E-state index < -0.39 is 5.60 Å². The van der Waals surface area contributed by atoms with Crippen molar-refractivity contribution >= 4 is 27.7 Å². The average molecular weight is 313 g/mol. The zero-order valence-electron chi connectivity index (χ0n) is 10.8. The summed E-state index contributed by atoms with van der Waals surface area (Å²) < 4.78 is 6.31. The normalized spacial score (nSPS) is 14.6. The molecule has 0 aliphatic carbocycles. The van der Waals surface area contributed by atoms with E-state index >= 15 is 0 Å². The van der Waals surface area contributed by atoms with Crippen molar-refractivity contribution in [2.75, 3.05) is 5.73 Å². The van der Waals surface area contributed by atoms with Gasteiger partial charge in [-0.2, -0.15) is 0 Å². The number of hydrogen-bond donors (Lipinski definition) is 1. The van der Waals surface area contributed by atoms with Gasteiger partial charge in [0.15, 0.2) is 0 Å². The number of carbonyl (C=O) groups is 1. The Morgan fingerprint density at radius 2 is 2.06 bits per heavy atom. The molecule has 4 nitrogen and oxygen atoms in total. The zero-order chi connectivity index (χ0) is 13.5. The Labute approximate surface area is 115 Å². The Balaban J connectivity index is 2.15. The fourth-order valence-corrected chi connectivity index (χ4v) is 2.59. The van der Waals surface area contributed by atoms with Gasteiger partial charge >= 0.3 is 6.09 Å². The molecule has 0 radical (unpaired) electrons. The van der Waals surface area contributed by atoms with E-state index in [2.05, 4.69) is 15.9 Å². The average Bonchev–Trinajstić information content (AvgIpc) is 2.58. The van der Waals surface area contributed by atoms with Gasteiger partial charge in [-0.1, -0.05) is 15.9 Å². The maximum Gasteiger partial charge on any atom is 0.410 e. The van der Waals surface area contributed by atoms with Crippen LogP contribution in [-0.4, -0.2) is 16.6 Å². The highest BCUT2D eigenvalue weighted by atomic mass is 79.9. The minimum absolute atomic E-state index is 0.288. The number of halogens is 1. The first kappa shape index (κ1) is 13.2. The molecule has 0 saturated heterocycles. The summed E-state index contributed by atoms with van der Waals surface area (Å²) in [5, 5.41) is 0. The summed E-state index contributed by atoms with van der Waals surface area (Å²) >= 11 is 3.48. The van der Waals surface area contributed by atoms with Gasteiger partial charge in [-0.15, -0.1) is 0 Å². The molecule has 1 aromatic carbocycles. The second-order valence-electron chi connectivity index (χ2n) is 5.48. The number of fused-ring (bicyclic) bond motifs is 1. The van der Waals surface area contributed by atoms with Gasteiger partial charge in [-0.05, 0) is 44.0 Å². The largest absolute Gasteiger partial charge is 0.444 e. The van der Waals surface area contributed by atoms with Gasteiger partial charge in [-0.3, -0.25) is 4.90 Å². The van der Waals surface area contributed by atoms with Crippen molar-refractivity contribution in [1.82, 2.24) is 4.90 Å². The molecule has 0 atom stereocenters. The minimum Gasteiger partial charge on any atom is -0.444 e. The molecule has 1 amide bonds. The molecular formula is C13H17BrN2O2. The minimum atomic E-state index is -0.470. The van der Waals surface area contributed by atoms with Crippen molar-refractivity contribution in [3.63, 3.8) is 0 Å². The summed E-state index contributed by atoms with van der Waals surface area (Å²) in [5.41, 5.74) is 8.20. The molecule has 0 saturated carbocycles. The van der Waals surface area contributed by atoms with Crippen LogP contribution in [0.4, 0.5) is 10.5 Å². The van der Waals surface area contributed by atoms with Gasteiger partial charge in [0.05, 0.1) is 6.54 Å². The number of ether oxygens (including phenoxy) is 1. The van der Waals surface area contributed by atoms with Crippen molar-refractivity contribution in [3.8, 4) is 0 Å². The second-order valence-corrected chi connectivity index (χ2v) is 6.33. The van der Waals surface area contributed by atoms with Crippen molar-refractivity contribution in [1.29, 1.82) is 0 Å². The molecule has 0 aromatic heterocycles. The monoisotopic (exact) mass is 312 g/mol. The zero-order valence-corrected chi connectivity index (χ0v) is 12.4. The molecule has 1 aliphatic rings. The highest BCUT2D eigenvalue weighted by molar-refractivity contribution is 9.10. The standard InChI is InChI=1S/C13H17BrN2O2/c1-13(2,3)18-12(17)16-6-8-4-9(15)5-11(14)10(8)7-16/h4-5H,6-7,15H2,1-3H3. The van der Waals surface area contributed by atoms with Crippen LogP contribution in [0.1, 0.15) is 31.9 Å². The Morgan fingerprint density at radius 1 is 1.39 bits per heavy atom. The molecule has 1 heterocycles. The number of anilines is 1. The summed E-state index contributed by atoms with van der Waals surface area (Å²) in [6.07, 6.45) is -0.288.